The Morgan fingerprint density at radius 3 is 2.50 bits per heavy atom. The van der Waals surface area contributed by atoms with Crippen LogP contribution >= 0.6 is 0 Å². The molecule has 22 heavy (non-hydrogen) atoms. The molecule has 0 atom stereocenters. The Morgan fingerprint density at radius 2 is 1.86 bits per heavy atom. The fourth-order valence-corrected chi connectivity index (χ4v) is 2.46. The first-order valence-corrected chi connectivity index (χ1v) is 7.27. The van der Waals surface area contributed by atoms with Gasteiger partial charge in [-0.05, 0) is 43.9 Å². The third-order valence-corrected chi connectivity index (χ3v) is 3.57. The zero-order valence-electron chi connectivity index (χ0n) is 12.4. The smallest absolute Gasteiger partial charge is 0.319 e. The van der Waals surface area contributed by atoms with E-state index < -0.39 is 5.82 Å². The van der Waals surface area contributed by atoms with E-state index in [0.717, 1.165) is 12.8 Å². The van der Waals surface area contributed by atoms with Gasteiger partial charge in [0, 0.05) is 18.7 Å². The van der Waals surface area contributed by atoms with Gasteiger partial charge in [0.05, 0.1) is 11.8 Å². The third-order valence-electron chi connectivity index (χ3n) is 3.57. The minimum absolute atomic E-state index is 0.0195. The second kappa shape index (κ2) is 7.22. The second-order valence-electron chi connectivity index (χ2n) is 5.48. The van der Waals surface area contributed by atoms with Gasteiger partial charge in [0.15, 0.2) is 0 Å². The molecule has 1 aromatic carbocycles. The van der Waals surface area contributed by atoms with Crippen LogP contribution in [0, 0.1) is 5.82 Å². The van der Waals surface area contributed by atoms with Crippen molar-refractivity contribution in [2.45, 2.75) is 44.8 Å². The molecule has 0 unspecified atom stereocenters. The van der Waals surface area contributed by atoms with Crippen LogP contribution in [0.5, 0.6) is 0 Å². The lowest BCUT2D eigenvalue weighted by molar-refractivity contribution is -0.114. The Bertz CT molecular complexity index is 557. The van der Waals surface area contributed by atoms with Crippen molar-refractivity contribution >= 4 is 23.3 Å². The van der Waals surface area contributed by atoms with E-state index in [1.807, 2.05) is 0 Å². The van der Waals surface area contributed by atoms with Crippen molar-refractivity contribution in [3.63, 3.8) is 0 Å². The lowest BCUT2D eigenvalue weighted by Crippen LogP contribution is -2.40. The average molecular weight is 309 g/mol. The zero-order valence-corrected chi connectivity index (χ0v) is 12.4. The molecule has 120 valence electrons. The number of halogens is 1. The van der Waals surface area contributed by atoms with Gasteiger partial charge in [-0.2, -0.15) is 0 Å². The van der Waals surface area contributed by atoms with Crippen LogP contribution in [0.3, 0.4) is 0 Å². The lowest BCUT2D eigenvalue weighted by Gasteiger charge is -2.26. The van der Waals surface area contributed by atoms with Crippen molar-refractivity contribution in [1.29, 1.82) is 0 Å². The third kappa shape index (κ3) is 4.70. The molecule has 0 aliphatic heterocycles. The van der Waals surface area contributed by atoms with Crippen LogP contribution < -0.4 is 16.0 Å². The quantitative estimate of drug-likeness (QED) is 0.690. The summed E-state index contributed by atoms with van der Waals surface area (Å²) in [4.78, 5) is 22.9. The van der Waals surface area contributed by atoms with Crippen LogP contribution in [0.1, 0.15) is 32.6 Å². The number of benzene rings is 1. The first kappa shape index (κ1) is 16.2. The molecule has 1 aliphatic carbocycles. The van der Waals surface area contributed by atoms with Gasteiger partial charge in [0.1, 0.15) is 5.82 Å². The van der Waals surface area contributed by atoms with Crippen LogP contribution in [-0.4, -0.2) is 29.2 Å². The molecule has 0 spiro atoms. The number of urea groups is 1. The molecule has 1 fully saturated rings. The molecule has 1 aromatic rings. The van der Waals surface area contributed by atoms with Crippen LogP contribution in [0.4, 0.5) is 20.6 Å². The van der Waals surface area contributed by atoms with Crippen molar-refractivity contribution in [3.8, 4) is 0 Å². The van der Waals surface area contributed by atoms with Gasteiger partial charge in [0.25, 0.3) is 0 Å². The number of hydrogen-bond donors (Lipinski definition) is 4. The van der Waals surface area contributed by atoms with Crippen LogP contribution in [-0.2, 0) is 4.79 Å². The number of aliphatic hydroxyl groups excluding tert-OH is 1. The maximum atomic E-state index is 13.5. The summed E-state index contributed by atoms with van der Waals surface area (Å²) in [5.41, 5.74) is 0.407. The molecule has 2 rings (SSSR count). The van der Waals surface area contributed by atoms with Crippen LogP contribution in [0.2, 0.25) is 0 Å². The minimum atomic E-state index is -0.567. The topological polar surface area (TPSA) is 90.5 Å². The largest absolute Gasteiger partial charge is 0.393 e. The van der Waals surface area contributed by atoms with E-state index in [1.165, 1.54) is 25.1 Å². The Labute approximate surface area is 128 Å². The van der Waals surface area contributed by atoms with Gasteiger partial charge < -0.3 is 21.1 Å². The fraction of sp³-hybridized carbons (Fsp3) is 0.467. The number of rotatable bonds is 3. The molecular formula is C15H20FN3O3. The highest BCUT2D eigenvalue weighted by molar-refractivity contribution is 5.92. The van der Waals surface area contributed by atoms with Crippen molar-refractivity contribution in [2.24, 2.45) is 0 Å². The molecule has 3 amide bonds. The van der Waals surface area contributed by atoms with Gasteiger partial charge in [0.2, 0.25) is 5.91 Å². The second-order valence-corrected chi connectivity index (χ2v) is 5.48. The van der Waals surface area contributed by atoms with E-state index in [9.17, 15) is 19.1 Å². The summed E-state index contributed by atoms with van der Waals surface area (Å²) >= 11 is 0. The molecule has 0 bridgehead atoms. The lowest BCUT2D eigenvalue weighted by atomic mass is 9.93. The summed E-state index contributed by atoms with van der Waals surface area (Å²) in [5.74, 6) is -0.955. The highest BCUT2D eigenvalue weighted by atomic mass is 19.1. The Kier molecular flexibility index (Phi) is 5.32. The van der Waals surface area contributed by atoms with Gasteiger partial charge in [-0.15, -0.1) is 0 Å². The van der Waals surface area contributed by atoms with Crippen molar-refractivity contribution < 1.29 is 19.1 Å². The van der Waals surface area contributed by atoms with E-state index in [4.69, 9.17) is 0 Å². The summed E-state index contributed by atoms with van der Waals surface area (Å²) in [7, 11) is 0. The molecule has 4 N–H and O–H groups in total. The molecule has 0 radical (unpaired) electrons. The molecule has 0 saturated heterocycles. The highest BCUT2D eigenvalue weighted by Gasteiger charge is 2.20. The van der Waals surface area contributed by atoms with Crippen molar-refractivity contribution in [3.05, 3.63) is 24.0 Å². The van der Waals surface area contributed by atoms with Gasteiger partial charge in [-0.3, -0.25) is 4.79 Å². The minimum Gasteiger partial charge on any atom is -0.393 e. The molecular weight excluding hydrogens is 289 g/mol. The van der Waals surface area contributed by atoms with E-state index in [2.05, 4.69) is 16.0 Å². The summed E-state index contributed by atoms with van der Waals surface area (Å²) in [6.45, 7) is 1.28. The number of aliphatic hydroxyl groups is 1. The van der Waals surface area contributed by atoms with Crippen molar-refractivity contribution in [2.75, 3.05) is 10.6 Å². The Morgan fingerprint density at radius 1 is 1.18 bits per heavy atom. The Hall–Kier alpha value is -2.15. The molecule has 6 nitrogen and oxygen atoms in total. The van der Waals surface area contributed by atoms with Crippen molar-refractivity contribution in [1.82, 2.24) is 5.32 Å². The SMILES string of the molecule is CC(=O)Nc1cc(NC(=O)NC2CCC(O)CC2)ccc1F. The summed E-state index contributed by atoms with van der Waals surface area (Å²) in [5, 5.41) is 17.2. The highest BCUT2D eigenvalue weighted by Crippen LogP contribution is 2.21. The normalized spacial score (nSPS) is 21.0. The maximum Gasteiger partial charge on any atom is 0.319 e. The molecule has 1 aliphatic rings. The number of nitrogens with one attached hydrogen (secondary N) is 3. The van der Waals surface area contributed by atoms with Crippen LogP contribution in [0.25, 0.3) is 0 Å². The molecule has 7 heteroatoms. The van der Waals surface area contributed by atoms with Crippen LogP contribution in [0.15, 0.2) is 18.2 Å². The predicted molar refractivity (Wildman–Crippen MR) is 81.1 cm³/mol. The van der Waals surface area contributed by atoms with E-state index in [1.54, 1.807) is 0 Å². The molecule has 1 saturated carbocycles. The Balaban J connectivity index is 1.92. The number of amides is 3. The number of hydrogen-bond acceptors (Lipinski definition) is 3. The zero-order chi connectivity index (χ0) is 16.1. The van der Waals surface area contributed by atoms with E-state index in [0.29, 0.717) is 18.5 Å². The van der Waals surface area contributed by atoms with Gasteiger partial charge >= 0.3 is 6.03 Å². The first-order valence-electron chi connectivity index (χ1n) is 7.27. The first-order chi connectivity index (χ1) is 10.4. The predicted octanol–water partition coefficient (Wildman–Crippen LogP) is 2.21. The molecule has 0 heterocycles. The number of carbonyl (C=O) groups excluding carboxylic acids is 2. The summed E-state index contributed by atoms with van der Waals surface area (Å²) in [6, 6.07) is 3.60. The van der Waals surface area contributed by atoms with Gasteiger partial charge in [-0.1, -0.05) is 0 Å². The van der Waals surface area contributed by atoms with E-state index >= 15 is 0 Å². The maximum absolute atomic E-state index is 13.5. The molecule has 0 aromatic heterocycles. The average Bonchev–Trinajstić information content (AvgIpc) is 2.44. The monoisotopic (exact) mass is 309 g/mol. The number of anilines is 2. The van der Waals surface area contributed by atoms with E-state index in [-0.39, 0.29) is 29.8 Å². The summed E-state index contributed by atoms with van der Waals surface area (Å²) in [6.07, 6.45) is 2.53. The number of carbonyl (C=O) groups is 2. The summed E-state index contributed by atoms with van der Waals surface area (Å²) < 4.78 is 13.5. The standard InChI is InChI=1S/C15H20FN3O3/c1-9(20)17-14-8-11(4-7-13(14)16)19-15(22)18-10-2-5-12(21)6-3-10/h4,7-8,10,12,21H,2-3,5-6H2,1H3,(H,17,20)(H2,18,19,22). The fourth-order valence-electron chi connectivity index (χ4n) is 2.46. The van der Waals surface area contributed by atoms with Gasteiger partial charge in [-0.25, -0.2) is 9.18 Å².